The summed E-state index contributed by atoms with van der Waals surface area (Å²) in [4.78, 5) is 22.9. The number of aromatic hydroxyl groups is 1. The summed E-state index contributed by atoms with van der Waals surface area (Å²) in [6.45, 7) is 3.03. The van der Waals surface area contributed by atoms with E-state index >= 15 is 0 Å². The molecule has 0 aliphatic heterocycles. The minimum absolute atomic E-state index is 0.0692. The molecule has 6 heteroatoms. The molecule has 0 unspecified atom stereocenters. The van der Waals surface area contributed by atoms with Crippen LogP contribution < -0.4 is 10.2 Å². The smallest absolute Gasteiger partial charge is 0.302 e. The van der Waals surface area contributed by atoms with Gasteiger partial charge in [0.1, 0.15) is 28.2 Å². The Labute approximate surface area is 120 Å². The molecule has 1 heterocycles. The Bertz CT molecular complexity index is 744. The van der Waals surface area contributed by atoms with Crippen molar-refractivity contribution in [2.24, 2.45) is 0 Å². The number of hydrogen-bond donors (Lipinski definition) is 1. The van der Waals surface area contributed by atoms with Crippen LogP contribution in [0, 0.1) is 6.92 Å². The molecule has 0 saturated heterocycles. The second kappa shape index (κ2) is 5.87. The first-order chi connectivity index (χ1) is 9.93. The van der Waals surface area contributed by atoms with Gasteiger partial charge in [0.25, 0.3) is 0 Å². The molecule has 1 aromatic heterocycles. The molecule has 112 valence electrons. The number of phenols is 1. The summed E-state index contributed by atoms with van der Waals surface area (Å²) >= 11 is 0. The van der Waals surface area contributed by atoms with Gasteiger partial charge < -0.3 is 19.0 Å². The molecule has 0 aliphatic rings. The van der Waals surface area contributed by atoms with Gasteiger partial charge in [-0.05, 0) is 6.92 Å². The zero-order chi connectivity index (χ0) is 15.6. The van der Waals surface area contributed by atoms with Crippen molar-refractivity contribution in [2.45, 2.75) is 20.3 Å². The fourth-order valence-corrected chi connectivity index (χ4v) is 2.16. The van der Waals surface area contributed by atoms with Crippen molar-refractivity contribution >= 4 is 16.9 Å². The summed E-state index contributed by atoms with van der Waals surface area (Å²) in [6, 6.07) is 2.72. The SMILES string of the molecule is COc1cc(O)c(CCOC(C)=O)c2oc(C)cc(=O)c12. The van der Waals surface area contributed by atoms with Gasteiger partial charge in [0.2, 0.25) is 0 Å². The minimum Gasteiger partial charge on any atom is -0.507 e. The Morgan fingerprint density at radius 2 is 2.10 bits per heavy atom. The number of methoxy groups -OCH3 is 1. The summed E-state index contributed by atoms with van der Waals surface area (Å²) in [5, 5.41) is 10.3. The van der Waals surface area contributed by atoms with E-state index in [-0.39, 0.29) is 40.9 Å². The Morgan fingerprint density at radius 3 is 2.71 bits per heavy atom. The first-order valence-electron chi connectivity index (χ1n) is 6.40. The molecule has 0 atom stereocenters. The highest BCUT2D eigenvalue weighted by Crippen LogP contribution is 2.34. The molecule has 21 heavy (non-hydrogen) atoms. The molecular weight excluding hydrogens is 276 g/mol. The quantitative estimate of drug-likeness (QED) is 0.866. The molecule has 0 bridgehead atoms. The Kier molecular flexibility index (Phi) is 4.16. The van der Waals surface area contributed by atoms with Gasteiger partial charge in [0.15, 0.2) is 5.43 Å². The van der Waals surface area contributed by atoms with Crippen LogP contribution in [0.3, 0.4) is 0 Å². The van der Waals surface area contributed by atoms with Gasteiger partial charge in [-0.25, -0.2) is 0 Å². The Hall–Kier alpha value is -2.50. The Balaban J connectivity index is 2.61. The van der Waals surface area contributed by atoms with Gasteiger partial charge in [0.05, 0.1) is 13.7 Å². The number of ether oxygens (including phenoxy) is 2. The van der Waals surface area contributed by atoms with Crippen molar-refractivity contribution < 1.29 is 23.8 Å². The van der Waals surface area contributed by atoms with E-state index in [0.29, 0.717) is 11.3 Å². The number of esters is 1. The fourth-order valence-electron chi connectivity index (χ4n) is 2.16. The minimum atomic E-state index is -0.412. The number of phenolic OH excluding ortho intramolecular Hbond substituents is 1. The highest BCUT2D eigenvalue weighted by Gasteiger charge is 2.17. The van der Waals surface area contributed by atoms with E-state index < -0.39 is 5.97 Å². The lowest BCUT2D eigenvalue weighted by Crippen LogP contribution is -2.07. The third kappa shape index (κ3) is 2.99. The lowest BCUT2D eigenvalue weighted by molar-refractivity contribution is -0.140. The van der Waals surface area contributed by atoms with E-state index in [1.54, 1.807) is 6.92 Å². The van der Waals surface area contributed by atoms with Crippen LogP contribution in [-0.2, 0) is 16.0 Å². The molecule has 0 spiro atoms. The summed E-state index contributed by atoms with van der Waals surface area (Å²) in [5.74, 6) is 0.187. The number of aryl methyl sites for hydroxylation is 1. The molecule has 0 fully saturated rings. The maximum Gasteiger partial charge on any atom is 0.302 e. The maximum atomic E-state index is 12.1. The van der Waals surface area contributed by atoms with Gasteiger partial charge in [-0.15, -0.1) is 0 Å². The summed E-state index contributed by atoms with van der Waals surface area (Å²) in [7, 11) is 1.41. The summed E-state index contributed by atoms with van der Waals surface area (Å²) in [6.07, 6.45) is 0.234. The lowest BCUT2D eigenvalue weighted by Gasteiger charge is -2.12. The predicted molar refractivity (Wildman–Crippen MR) is 75.8 cm³/mol. The number of rotatable bonds is 4. The molecular formula is C15H16O6. The van der Waals surface area contributed by atoms with E-state index in [9.17, 15) is 14.7 Å². The van der Waals surface area contributed by atoms with Gasteiger partial charge >= 0.3 is 5.97 Å². The summed E-state index contributed by atoms with van der Waals surface area (Å²) in [5.41, 5.74) is 0.413. The molecule has 2 aromatic rings. The average Bonchev–Trinajstić information content (AvgIpc) is 2.39. The lowest BCUT2D eigenvalue weighted by atomic mass is 10.1. The molecule has 0 aliphatic carbocycles. The van der Waals surface area contributed by atoms with Gasteiger partial charge in [-0.3, -0.25) is 9.59 Å². The average molecular weight is 292 g/mol. The number of hydrogen-bond acceptors (Lipinski definition) is 6. The van der Waals surface area contributed by atoms with Crippen LogP contribution in [0.2, 0.25) is 0 Å². The standard InChI is InChI=1S/C15H16O6/c1-8-6-12(18)14-13(19-3)7-11(17)10(15(14)21-8)4-5-20-9(2)16/h6-7,17H,4-5H2,1-3H3. The van der Waals surface area contributed by atoms with E-state index in [0.717, 1.165) is 0 Å². The van der Waals surface area contributed by atoms with Crippen molar-refractivity contribution in [1.29, 1.82) is 0 Å². The van der Waals surface area contributed by atoms with E-state index in [1.165, 1.54) is 26.2 Å². The van der Waals surface area contributed by atoms with E-state index in [2.05, 4.69) is 0 Å². The number of carbonyl (C=O) groups is 1. The molecule has 1 aromatic carbocycles. The largest absolute Gasteiger partial charge is 0.507 e. The number of fused-ring (bicyclic) bond motifs is 1. The van der Waals surface area contributed by atoms with E-state index in [4.69, 9.17) is 13.9 Å². The topological polar surface area (TPSA) is 86.0 Å². The molecule has 2 rings (SSSR count). The predicted octanol–water partition coefficient (Wildman–Crippen LogP) is 1.92. The highest BCUT2D eigenvalue weighted by atomic mass is 16.5. The third-order valence-electron chi connectivity index (χ3n) is 3.05. The molecule has 0 amide bonds. The monoisotopic (exact) mass is 292 g/mol. The van der Waals surface area contributed by atoms with Crippen molar-refractivity contribution in [1.82, 2.24) is 0 Å². The number of benzene rings is 1. The van der Waals surface area contributed by atoms with Crippen LogP contribution >= 0.6 is 0 Å². The zero-order valence-electron chi connectivity index (χ0n) is 12.1. The second-order valence-corrected chi connectivity index (χ2v) is 4.59. The van der Waals surface area contributed by atoms with Crippen LogP contribution in [0.4, 0.5) is 0 Å². The van der Waals surface area contributed by atoms with Crippen LogP contribution in [0.15, 0.2) is 21.3 Å². The first kappa shape index (κ1) is 14.9. The van der Waals surface area contributed by atoms with Gasteiger partial charge in [0, 0.05) is 31.0 Å². The van der Waals surface area contributed by atoms with Gasteiger partial charge in [-0.2, -0.15) is 0 Å². The first-order valence-corrected chi connectivity index (χ1v) is 6.40. The second-order valence-electron chi connectivity index (χ2n) is 4.59. The summed E-state index contributed by atoms with van der Waals surface area (Å²) < 4.78 is 15.6. The zero-order valence-corrected chi connectivity index (χ0v) is 12.1. The molecule has 1 N–H and O–H groups in total. The van der Waals surface area contributed by atoms with Crippen LogP contribution in [0.25, 0.3) is 11.0 Å². The fraction of sp³-hybridized carbons (Fsp3) is 0.333. The Morgan fingerprint density at radius 1 is 1.38 bits per heavy atom. The van der Waals surface area contributed by atoms with Crippen molar-refractivity contribution in [3.8, 4) is 11.5 Å². The van der Waals surface area contributed by atoms with Gasteiger partial charge in [-0.1, -0.05) is 0 Å². The third-order valence-corrected chi connectivity index (χ3v) is 3.05. The molecule has 0 radical (unpaired) electrons. The number of carbonyl (C=O) groups excluding carboxylic acids is 1. The maximum absolute atomic E-state index is 12.1. The molecule has 6 nitrogen and oxygen atoms in total. The normalized spacial score (nSPS) is 10.6. The van der Waals surface area contributed by atoms with Crippen molar-refractivity contribution in [3.05, 3.63) is 33.7 Å². The molecule has 0 saturated carbocycles. The van der Waals surface area contributed by atoms with Crippen LogP contribution in [-0.4, -0.2) is 24.8 Å². The van der Waals surface area contributed by atoms with Crippen LogP contribution in [0.5, 0.6) is 11.5 Å². The highest BCUT2D eigenvalue weighted by molar-refractivity contribution is 5.88. The van der Waals surface area contributed by atoms with Crippen molar-refractivity contribution in [2.75, 3.05) is 13.7 Å². The van der Waals surface area contributed by atoms with Crippen LogP contribution in [0.1, 0.15) is 18.2 Å². The van der Waals surface area contributed by atoms with E-state index in [1.807, 2.05) is 0 Å². The van der Waals surface area contributed by atoms with Crippen molar-refractivity contribution in [3.63, 3.8) is 0 Å².